The van der Waals surface area contributed by atoms with Crippen LogP contribution in [0.1, 0.15) is 22.5 Å². The number of amides is 1. The van der Waals surface area contributed by atoms with Crippen LogP contribution in [0.5, 0.6) is 5.75 Å². The Morgan fingerprint density at radius 3 is 2.81 bits per heavy atom. The quantitative estimate of drug-likeness (QED) is 0.581. The molecule has 0 aliphatic carbocycles. The van der Waals surface area contributed by atoms with Gasteiger partial charge in [0.25, 0.3) is 5.91 Å². The predicted molar refractivity (Wildman–Crippen MR) is 105 cm³/mol. The number of nitrogens with zero attached hydrogens (tertiary/aromatic N) is 1. The van der Waals surface area contributed by atoms with Crippen molar-refractivity contribution in [1.29, 1.82) is 0 Å². The third-order valence-corrected chi connectivity index (χ3v) is 5.28. The van der Waals surface area contributed by atoms with E-state index in [1.807, 2.05) is 35.0 Å². The summed E-state index contributed by atoms with van der Waals surface area (Å²) in [5.74, 6) is 0.175. The molecule has 0 saturated carbocycles. The average Bonchev–Trinajstić information content (AvgIpc) is 3.38. The van der Waals surface area contributed by atoms with Crippen LogP contribution < -0.4 is 10.1 Å². The molecule has 3 aromatic rings. The summed E-state index contributed by atoms with van der Waals surface area (Å²) in [6, 6.07) is 9.36. The maximum atomic E-state index is 11.8. The van der Waals surface area contributed by atoms with E-state index in [1.54, 1.807) is 18.6 Å². The maximum Gasteiger partial charge on any atom is 0.307 e. The number of methoxy groups -OCH3 is 1. The predicted octanol–water partition coefficient (Wildman–Crippen LogP) is 3.74. The van der Waals surface area contributed by atoms with E-state index in [-0.39, 0.29) is 31.4 Å². The first-order valence-electron chi connectivity index (χ1n) is 8.21. The fourth-order valence-corrected chi connectivity index (χ4v) is 3.79. The molecule has 1 aromatic carbocycles. The highest BCUT2D eigenvalue weighted by molar-refractivity contribution is 7.13. The summed E-state index contributed by atoms with van der Waals surface area (Å²) in [6.45, 7) is 0.333. The molecule has 0 atom stereocenters. The van der Waals surface area contributed by atoms with Gasteiger partial charge < -0.3 is 14.8 Å². The molecule has 0 aliphatic rings. The van der Waals surface area contributed by atoms with Gasteiger partial charge in [0.1, 0.15) is 17.4 Å². The van der Waals surface area contributed by atoms with Gasteiger partial charge in [-0.05, 0) is 23.6 Å². The van der Waals surface area contributed by atoms with E-state index in [0.717, 1.165) is 16.3 Å². The first kappa shape index (κ1) is 19.1. The molecule has 1 N–H and O–H groups in total. The van der Waals surface area contributed by atoms with Crippen LogP contribution in [-0.2, 0) is 16.1 Å². The fourth-order valence-electron chi connectivity index (χ4n) is 2.32. The largest absolute Gasteiger partial charge is 0.496 e. The summed E-state index contributed by atoms with van der Waals surface area (Å²) in [5, 5.41) is 8.94. The van der Waals surface area contributed by atoms with Gasteiger partial charge >= 0.3 is 5.97 Å². The second-order valence-electron chi connectivity index (χ2n) is 5.52. The molecule has 0 bridgehead atoms. The first-order chi connectivity index (χ1) is 13.2. The molecular weight excluding hydrogens is 384 g/mol. The Bertz CT molecular complexity index is 906. The van der Waals surface area contributed by atoms with Crippen LogP contribution in [0, 0.1) is 0 Å². The Morgan fingerprint density at radius 1 is 1.19 bits per heavy atom. The van der Waals surface area contributed by atoms with E-state index in [2.05, 4.69) is 10.3 Å². The average molecular weight is 402 g/mol. The normalized spacial score (nSPS) is 10.4. The molecule has 2 aromatic heterocycles. The highest BCUT2D eigenvalue weighted by Crippen LogP contribution is 2.31. The lowest BCUT2D eigenvalue weighted by molar-refractivity contribution is -0.144. The molecule has 1 amide bonds. The summed E-state index contributed by atoms with van der Waals surface area (Å²) in [4.78, 5) is 28.1. The number of carbonyl (C=O) groups excluding carboxylic acids is 2. The van der Waals surface area contributed by atoms with Gasteiger partial charge in [0.05, 0.1) is 24.8 Å². The number of nitrogens with one attached hydrogen (secondary N) is 1. The summed E-state index contributed by atoms with van der Waals surface area (Å²) < 4.78 is 10.6. The number of ether oxygens (including phenoxy) is 2. The van der Waals surface area contributed by atoms with Crippen molar-refractivity contribution >= 4 is 34.6 Å². The molecule has 3 rings (SSSR count). The van der Waals surface area contributed by atoms with Gasteiger partial charge in [-0.15, -0.1) is 11.3 Å². The van der Waals surface area contributed by atoms with Gasteiger partial charge in [0.15, 0.2) is 0 Å². The number of para-hydroxylation sites is 1. The van der Waals surface area contributed by atoms with Gasteiger partial charge in [-0.2, -0.15) is 11.3 Å². The van der Waals surface area contributed by atoms with E-state index < -0.39 is 0 Å². The number of carbonyl (C=O) groups is 2. The number of aromatic nitrogens is 1. The van der Waals surface area contributed by atoms with Crippen LogP contribution in [0.25, 0.3) is 10.6 Å². The Hall–Kier alpha value is -2.71. The van der Waals surface area contributed by atoms with Crippen molar-refractivity contribution in [2.45, 2.75) is 13.0 Å². The van der Waals surface area contributed by atoms with Crippen molar-refractivity contribution < 1.29 is 19.1 Å². The third kappa shape index (κ3) is 5.15. The zero-order valence-electron chi connectivity index (χ0n) is 14.6. The zero-order valence-corrected chi connectivity index (χ0v) is 16.3. The Balaban J connectivity index is 1.45. The van der Waals surface area contributed by atoms with Crippen LogP contribution in [0.15, 0.2) is 46.5 Å². The van der Waals surface area contributed by atoms with Crippen molar-refractivity contribution in [1.82, 2.24) is 10.3 Å². The highest BCUT2D eigenvalue weighted by atomic mass is 32.1. The lowest BCUT2D eigenvalue weighted by Gasteiger charge is -2.05. The van der Waals surface area contributed by atoms with Crippen molar-refractivity contribution in [3.63, 3.8) is 0 Å². The Morgan fingerprint density at radius 2 is 2.04 bits per heavy atom. The molecule has 0 saturated heterocycles. The highest BCUT2D eigenvalue weighted by Gasteiger charge is 2.12. The molecule has 0 fully saturated rings. The van der Waals surface area contributed by atoms with Gasteiger partial charge in [0, 0.05) is 22.9 Å². The summed E-state index contributed by atoms with van der Waals surface area (Å²) in [7, 11) is 1.62. The van der Waals surface area contributed by atoms with Crippen LogP contribution in [0.3, 0.4) is 0 Å². The molecule has 0 unspecified atom stereocenters. The van der Waals surface area contributed by atoms with Gasteiger partial charge in [-0.1, -0.05) is 12.1 Å². The Kier molecular flexibility index (Phi) is 6.56. The number of benzene rings is 1. The van der Waals surface area contributed by atoms with E-state index in [4.69, 9.17) is 9.47 Å². The lowest BCUT2D eigenvalue weighted by Crippen LogP contribution is -2.26. The summed E-state index contributed by atoms with van der Waals surface area (Å²) >= 11 is 2.92. The van der Waals surface area contributed by atoms with Gasteiger partial charge in [-0.25, -0.2) is 4.98 Å². The number of esters is 1. The van der Waals surface area contributed by atoms with E-state index in [9.17, 15) is 9.59 Å². The van der Waals surface area contributed by atoms with E-state index >= 15 is 0 Å². The number of hydrogen-bond acceptors (Lipinski definition) is 7. The number of thiophene rings is 1. The third-order valence-electron chi connectivity index (χ3n) is 3.67. The SMILES string of the molecule is COc1ccccc1-c1nc(COC(=O)CCNC(=O)c2ccsc2)cs1. The maximum absolute atomic E-state index is 11.8. The second-order valence-corrected chi connectivity index (χ2v) is 7.16. The minimum atomic E-state index is -0.382. The number of thiazole rings is 1. The molecule has 0 radical (unpaired) electrons. The van der Waals surface area contributed by atoms with E-state index in [0.29, 0.717) is 11.3 Å². The topological polar surface area (TPSA) is 77.5 Å². The number of rotatable bonds is 8. The molecule has 140 valence electrons. The van der Waals surface area contributed by atoms with Crippen molar-refractivity contribution in [2.75, 3.05) is 13.7 Å². The van der Waals surface area contributed by atoms with Crippen LogP contribution in [0.4, 0.5) is 0 Å². The van der Waals surface area contributed by atoms with E-state index in [1.165, 1.54) is 22.7 Å². The van der Waals surface area contributed by atoms with Crippen molar-refractivity contribution in [2.24, 2.45) is 0 Å². The van der Waals surface area contributed by atoms with Gasteiger partial charge in [-0.3, -0.25) is 9.59 Å². The van der Waals surface area contributed by atoms with Crippen LogP contribution in [0.2, 0.25) is 0 Å². The second kappa shape index (κ2) is 9.29. The minimum absolute atomic E-state index is 0.100. The van der Waals surface area contributed by atoms with Crippen LogP contribution in [-0.4, -0.2) is 30.5 Å². The zero-order chi connectivity index (χ0) is 19.1. The molecule has 8 heteroatoms. The fraction of sp³-hybridized carbons (Fsp3) is 0.211. The standard InChI is InChI=1S/C19H18N2O4S2/c1-24-16-5-3-2-4-15(16)19-21-14(12-27-19)10-25-17(22)6-8-20-18(23)13-7-9-26-11-13/h2-5,7,9,11-12H,6,8,10H2,1H3,(H,20,23). The lowest BCUT2D eigenvalue weighted by atomic mass is 10.2. The summed E-state index contributed by atoms with van der Waals surface area (Å²) in [6.07, 6.45) is 0.110. The molecule has 0 aliphatic heterocycles. The molecule has 0 spiro atoms. The molecule has 6 nitrogen and oxygen atoms in total. The smallest absolute Gasteiger partial charge is 0.307 e. The monoisotopic (exact) mass is 402 g/mol. The van der Waals surface area contributed by atoms with Gasteiger partial charge in [0.2, 0.25) is 0 Å². The Labute approximate surface area is 164 Å². The molecule has 2 heterocycles. The van der Waals surface area contributed by atoms with Crippen molar-refractivity contribution in [3.8, 4) is 16.3 Å². The molecular formula is C19H18N2O4S2. The van der Waals surface area contributed by atoms with Crippen LogP contribution >= 0.6 is 22.7 Å². The summed E-state index contributed by atoms with van der Waals surface area (Å²) in [5.41, 5.74) is 2.18. The number of hydrogen-bond donors (Lipinski definition) is 1. The minimum Gasteiger partial charge on any atom is -0.496 e. The first-order valence-corrected chi connectivity index (χ1v) is 10.0. The molecule has 27 heavy (non-hydrogen) atoms. The van der Waals surface area contributed by atoms with Crippen molar-refractivity contribution in [3.05, 3.63) is 57.7 Å².